The van der Waals surface area contributed by atoms with Gasteiger partial charge in [0.1, 0.15) is 22.4 Å². The topological polar surface area (TPSA) is 61.3 Å². The molecule has 0 aliphatic carbocycles. The first-order valence-corrected chi connectivity index (χ1v) is 7.65. The zero-order valence-electron chi connectivity index (χ0n) is 11.3. The van der Waals surface area contributed by atoms with Crippen molar-refractivity contribution in [2.75, 3.05) is 36.5 Å². The Hall–Kier alpha value is -0.880. The molecule has 19 heavy (non-hydrogen) atoms. The van der Waals surface area contributed by atoms with Gasteiger partial charge >= 0.3 is 0 Å². The molecule has 0 bridgehead atoms. The fraction of sp³-hybridized carbons (Fsp3) is 0.692. The van der Waals surface area contributed by atoms with Gasteiger partial charge < -0.3 is 15.3 Å². The highest BCUT2D eigenvalue weighted by molar-refractivity contribution is 9.10. The molecule has 1 saturated heterocycles. The molecule has 106 valence electrons. The molecule has 0 amide bonds. The monoisotopic (exact) mass is 328 g/mol. The number of anilines is 2. The van der Waals surface area contributed by atoms with Crippen LogP contribution in [0.1, 0.15) is 26.2 Å². The van der Waals surface area contributed by atoms with Crippen LogP contribution in [-0.4, -0.2) is 41.3 Å². The molecule has 2 rings (SSSR count). The van der Waals surface area contributed by atoms with Crippen LogP contribution in [0.2, 0.25) is 0 Å². The Morgan fingerprint density at radius 2 is 2.16 bits per heavy atom. The van der Waals surface area contributed by atoms with Crippen molar-refractivity contribution in [3.63, 3.8) is 0 Å². The SMILES string of the molecule is CCCNc1ncnc(N2CCC(CO)CC2)c1Br. The molecule has 1 aromatic rings. The number of nitrogens with one attached hydrogen (secondary N) is 1. The number of aromatic nitrogens is 2. The molecular weight excluding hydrogens is 308 g/mol. The van der Waals surface area contributed by atoms with Gasteiger partial charge in [-0.05, 0) is 41.1 Å². The summed E-state index contributed by atoms with van der Waals surface area (Å²) in [5, 5.41) is 12.5. The lowest BCUT2D eigenvalue weighted by molar-refractivity contribution is 0.202. The lowest BCUT2D eigenvalue weighted by atomic mass is 9.98. The number of nitrogens with zero attached hydrogens (tertiary/aromatic N) is 3. The third-order valence-electron chi connectivity index (χ3n) is 3.49. The van der Waals surface area contributed by atoms with Gasteiger partial charge in [-0.25, -0.2) is 9.97 Å². The van der Waals surface area contributed by atoms with Crippen LogP contribution < -0.4 is 10.2 Å². The Morgan fingerprint density at radius 3 is 2.79 bits per heavy atom. The second-order valence-electron chi connectivity index (χ2n) is 4.90. The summed E-state index contributed by atoms with van der Waals surface area (Å²) in [6.07, 6.45) is 4.71. The second-order valence-corrected chi connectivity index (χ2v) is 5.69. The molecule has 1 aliphatic rings. The quantitative estimate of drug-likeness (QED) is 0.868. The molecule has 5 nitrogen and oxygen atoms in total. The van der Waals surface area contributed by atoms with Gasteiger partial charge in [-0.1, -0.05) is 6.92 Å². The van der Waals surface area contributed by atoms with Gasteiger partial charge in [0.05, 0.1) is 0 Å². The molecule has 0 saturated carbocycles. The van der Waals surface area contributed by atoms with Crippen molar-refractivity contribution in [3.05, 3.63) is 10.8 Å². The summed E-state index contributed by atoms with van der Waals surface area (Å²) < 4.78 is 0.936. The first-order chi connectivity index (χ1) is 9.26. The van der Waals surface area contributed by atoms with E-state index in [1.807, 2.05) is 0 Å². The summed E-state index contributed by atoms with van der Waals surface area (Å²) in [6.45, 7) is 5.20. The van der Waals surface area contributed by atoms with Crippen LogP contribution in [0.15, 0.2) is 10.8 Å². The highest BCUT2D eigenvalue weighted by Gasteiger charge is 2.22. The van der Waals surface area contributed by atoms with Gasteiger partial charge in [-0.2, -0.15) is 0 Å². The van der Waals surface area contributed by atoms with E-state index < -0.39 is 0 Å². The number of aliphatic hydroxyl groups is 1. The Kier molecular flexibility index (Phi) is 5.39. The van der Waals surface area contributed by atoms with E-state index in [0.717, 1.165) is 55.0 Å². The highest BCUT2D eigenvalue weighted by atomic mass is 79.9. The molecule has 0 unspecified atom stereocenters. The minimum Gasteiger partial charge on any atom is -0.396 e. The van der Waals surface area contributed by atoms with Crippen LogP contribution in [-0.2, 0) is 0 Å². The van der Waals surface area contributed by atoms with E-state index in [9.17, 15) is 5.11 Å². The lowest BCUT2D eigenvalue weighted by Gasteiger charge is -2.32. The standard InChI is InChI=1S/C13H21BrN4O/c1-2-5-15-12-11(14)13(17-9-16-12)18-6-3-10(8-19)4-7-18/h9-10,19H,2-8H2,1H3,(H,15,16,17). The summed E-state index contributed by atoms with van der Waals surface area (Å²) in [7, 11) is 0. The van der Waals surface area contributed by atoms with E-state index in [0.29, 0.717) is 12.5 Å². The predicted octanol–water partition coefficient (Wildman–Crippen LogP) is 2.27. The van der Waals surface area contributed by atoms with Crippen molar-refractivity contribution in [1.82, 2.24) is 9.97 Å². The normalized spacial score (nSPS) is 16.7. The summed E-state index contributed by atoms with van der Waals surface area (Å²) in [6, 6.07) is 0. The molecular formula is C13H21BrN4O. The van der Waals surface area contributed by atoms with E-state index >= 15 is 0 Å². The van der Waals surface area contributed by atoms with Gasteiger partial charge in [0.25, 0.3) is 0 Å². The molecule has 1 aromatic heterocycles. The number of halogens is 1. The Labute approximate surface area is 122 Å². The van der Waals surface area contributed by atoms with Gasteiger partial charge in [-0.15, -0.1) is 0 Å². The summed E-state index contributed by atoms with van der Waals surface area (Å²) in [5.41, 5.74) is 0. The Bertz CT molecular complexity index is 408. The van der Waals surface area contributed by atoms with Crippen LogP contribution in [0.3, 0.4) is 0 Å². The van der Waals surface area contributed by atoms with E-state index in [-0.39, 0.29) is 0 Å². The number of piperidine rings is 1. The number of hydrogen-bond acceptors (Lipinski definition) is 5. The minimum absolute atomic E-state index is 0.294. The van der Waals surface area contributed by atoms with E-state index in [1.165, 1.54) is 0 Å². The molecule has 6 heteroatoms. The zero-order chi connectivity index (χ0) is 13.7. The average Bonchev–Trinajstić information content (AvgIpc) is 2.46. The van der Waals surface area contributed by atoms with Gasteiger partial charge in [0.15, 0.2) is 0 Å². The molecule has 0 radical (unpaired) electrons. The molecule has 0 spiro atoms. The molecule has 1 fully saturated rings. The molecule has 1 aliphatic heterocycles. The Morgan fingerprint density at radius 1 is 1.42 bits per heavy atom. The Balaban J connectivity index is 2.08. The fourth-order valence-electron chi connectivity index (χ4n) is 2.27. The maximum absolute atomic E-state index is 9.18. The molecule has 0 aromatic carbocycles. The van der Waals surface area contributed by atoms with Crippen LogP contribution in [0.25, 0.3) is 0 Å². The number of hydrogen-bond donors (Lipinski definition) is 2. The van der Waals surface area contributed by atoms with Crippen molar-refractivity contribution < 1.29 is 5.11 Å². The minimum atomic E-state index is 0.294. The molecule has 2 heterocycles. The summed E-state index contributed by atoms with van der Waals surface area (Å²) in [4.78, 5) is 10.9. The van der Waals surface area contributed by atoms with Gasteiger partial charge in [0.2, 0.25) is 0 Å². The maximum Gasteiger partial charge on any atom is 0.148 e. The van der Waals surface area contributed by atoms with Crippen molar-refractivity contribution in [2.24, 2.45) is 5.92 Å². The van der Waals surface area contributed by atoms with Gasteiger partial charge in [0, 0.05) is 26.2 Å². The van der Waals surface area contributed by atoms with Crippen LogP contribution in [0, 0.1) is 5.92 Å². The van der Waals surface area contributed by atoms with Gasteiger partial charge in [-0.3, -0.25) is 0 Å². The number of rotatable bonds is 5. The third-order valence-corrected chi connectivity index (χ3v) is 4.22. The second kappa shape index (κ2) is 7.05. The van der Waals surface area contributed by atoms with Crippen molar-refractivity contribution in [3.8, 4) is 0 Å². The smallest absolute Gasteiger partial charge is 0.148 e. The largest absolute Gasteiger partial charge is 0.396 e. The predicted molar refractivity (Wildman–Crippen MR) is 80.5 cm³/mol. The first-order valence-electron chi connectivity index (χ1n) is 6.86. The van der Waals surface area contributed by atoms with Crippen LogP contribution in [0.4, 0.5) is 11.6 Å². The van der Waals surface area contributed by atoms with Crippen molar-refractivity contribution in [2.45, 2.75) is 26.2 Å². The lowest BCUT2D eigenvalue weighted by Crippen LogP contribution is -2.35. The third kappa shape index (κ3) is 3.57. The summed E-state index contributed by atoms with van der Waals surface area (Å²) >= 11 is 3.60. The average molecular weight is 329 g/mol. The number of aliphatic hydroxyl groups excluding tert-OH is 1. The maximum atomic E-state index is 9.18. The zero-order valence-corrected chi connectivity index (χ0v) is 12.9. The van der Waals surface area contributed by atoms with E-state index in [2.05, 4.69) is 43.0 Å². The summed E-state index contributed by atoms with van der Waals surface area (Å²) in [5.74, 6) is 2.25. The van der Waals surface area contributed by atoms with Crippen LogP contribution in [0.5, 0.6) is 0 Å². The molecule has 0 atom stereocenters. The van der Waals surface area contributed by atoms with Crippen LogP contribution >= 0.6 is 15.9 Å². The molecule has 2 N–H and O–H groups in total. The van der Waals surface area contributed by atoms with E-state index in [1.54, 1.807) is 6.33 Å². The van der Waals surface area contributed by atoms with Crippen molar-refractivity contribution in [1.29, 1.82) is 0 Å². The fourth-order valence-corrected chi connectivity index (χ4v) is 2.87. The van der Waals surface area contributed by atoms with E-state index in [4.69, 9.17) is 0 Å². The first kappa shape index (κ1) is 14.5. The highest BCUT2D eigenvalue weighted by Crippen LogP contribution is 2.31. The van der Waals surface area contributed by atoms with Crippen molar-refractivity contribution >= 4 is 27.6 Å².